The Morgan fingerprint density at radius 1 is 1.50 bits per heavy atom. The largest absolute Gasteiger partial charge is 0.333 e. The number of carbonyl (C=O) groups excluding carboxylic acids is 1. The summed E-state index contributed by atoms with van der Waals surface area (Å²) >= 11 is 1.48. The molecule has 0 N–H and O–H groups in total. The van der Waals surface area contributed by atoms with Gasteiger partial charge in [-0.3, -0.25) is 4.79 Å². The van der Waals surface area contributed by atoms with E-state index in [2.05, 4.69) is 0 Å². The summed E-state index contributed by atoms with van der Waals surface area (Å²) in [4.78, 5) is 13.8. The highest BCUT2D eigenvalue weighted by molar-refractivity contribution is 7.92. The molecule has 0 spiro atoms. The van der Waals surface area contributed by atoms with Crippen LogP contribution in [0.15, 0.2) is 16.8 Å². The number of hydrogen-bond donors (Lipinski definition) is 0. The normalized spacial score (nSPS) is 30.9. The first-order valence-electron chi connectivity index (χ1n) is 5.12. The zero-order valence-corrected chi connectivity index (χ0v) is 10.1. The summed E-state index contributed by atoms with van der Waals surface area (Å²) in [5.74, 6) is 0.122. The molecule has 2 unspecified atom stereocenters. The molecule has 2 saturated heterocycles. The molecule has 3 heterocycles. The summed E-state index contributed by atoms with van der Waals surface area (Å²) in [7, 11) is -2.91. The molecule has 2 atom stereocenters. The van der Waals surface area contributed by atoms with Crippen molar-refractivity contribution in [3.63, 3.8) is 0 Å². The molecule has 0 radical (unpaired) electrons. The maximum absolute atomic E-state index is 12.0. The predicted molar refractivity (Wildman–Crippen MR) is 61.3 cm³/mol. The minimum absolute atomic E-state index is 0.0244. The Hall–Kier alpha value is -0.880. The van der Waals surface area contributed by atoms with Crippen LogP contribution >= 0.6 is 11.3 Å². The number of likely N-dealkylation sites (tertiary alicyclic amines) is 1. The van der Waals surface area contributed by atoms with Crippen LogP contribution in [0.2, 0.25) is 0 Å². The van der Waals surface area contributed by atoms with E-state index in [0.29, 0.717) is 18.5 Å². The Morgan fingerprint density at radius 3 is 2.81 bits per heavy atom. The van der Waals surface area contributed by atoms with Gasteiger partial charge in [0.2, 0.25) is 0 Å². The Balaban J connectivity index is 1.84. The lowest BCUT2D eigenvalue weighted by Crippen LogP contribution is -2.43. The average molecular weight is 257 g/mol. The van der Waals surface area contributed by atoms with Gasteiger partial charge in [0.15, 0.2) is 9.84 Å². The third kappa shape index (κ3) is 1.40. The fourth-order valence-electron chi connectivity index (χ4n) is 2.50. The second-order valence-corrected chi connectivity index (χ2v) is 7.42. The van der Waals surface area contributed by atoms with E-state index in [9.17, 15) is 13.2 Å². The van der Waals surface area contributed by atoms with Gasteiger partial charge in [-0.25, -0.2) is 8.42 Å². The molecule has 0 aromatic carbocycles. The van der Waals surface area contributed by atoms with Crippen molar-refractivity contribution in [1.29, 1.82) is 0 Å². The number of nitrogens with zero attached hydrogens (tertiary/aromatic N) is 1. The van der Waals surface area contributed by atoms with Gasteiger partial charge in [0.1, 0.15) is 0 Å². The maximum Gasteiger partial charge on any atom is 0.255 e. The lowest BCUT2D eigenvalue weighted by molar-refractivity contribution is 0.0746. The van der Waals surface area contributed by atoms with E-state index in [4.69, 9.17) is 0 Å². The predicted octanol–water partition coefficient (Wildman–Crippen LogP) is 0.760. The Kier molecular flexibility index (Phi) is 2.12. The van der Waals surface area contributed by atoms with E-state index < -0.39 is 9.84 Å². The minimum atomic E-state index is -2.91. The van der Waals surface area contributed by atoms with Crippen LogP contribution in [0.25, 0.3) is 0 Å². The maximum atomic E-state index is 12.0. The monoisotopic (exact) mass is 257 g/mol. The Labute approximate surface area is 97.8 Å². The Morgan fingerprint density at radius 2 is 2.31 bits per heavy atom. The van der Waals surface area contributed by atoms with E-state index >= 15 is 0 Å². The fourth-order valence-corrected chi connectivity index (χ4v) is 5.15. The molecule has 86 valence electrons. The minimum Gasteiger partial charge on any atom is -0.333 e. The molecule has 1 aromatic rings. The molecule has 6 heteroatoms. The molecular formula is C10H11NO3S2. The standard InChI is InChI=1S/C10H11NO3S2/c12-10(7-1-2-15-5-7)11-4-9-3-8(11)6-16(9,13)14/h1-2,5,8-9H,3-4,6H2. The van der Waals surface area contributed by atoms with Gasteiger partial charge in [0.05, 0.1) is 16.6 Å². The van der Waals surface area contributed by atoms with Gasteiger partial charge in [-0.15, -0.1) is 0 Å². The van der Waals surface area contributed by atoms with Crippen LogP contribution in [-0.2, 0) is 9.84 Å². The molecule has 0 saturated carbocycles. The highest BCUT2D eigenvalue weighted by atomic mass is 32.2. The molecule has 0 aliphatic carbocycles. The second-order valence-electron chi connectivity index (χ2n) is 4.31. The smallest absolute Gasteiger partial charge is 0.255 e. The van der Waals surface area contributed by atoms with Crippen LogP contribution < -0.4 is 0 Å². The lowest BCUT2D eigenvalue weighted by Gasteiger charge is -2.26. The van der Waals surface area contributed by atoms with E-state index in [1.165, 1.54) is 11.3 Å². The summed E-state index contributed by atoms with van der Waals surface area (Å²) < 4.78 is 23.1. The average Bonchev–Trinajstić information content (AvgIpc) is 2.88. The first kappa shape index (κ1) is 10.3. The third-order valence-corrected chi connectivity index (χ3v) is 6.23. The quantitative estimate of drug-likeness (QED) is 0.746. The first-order chi connectivity index (χ1) is 7.58. The van der Waals surface area contributed by atoms with E-state index in [1.54, 1.807) is 11.0 Å². The van der Waals surface area contributed by atoms with Crippen molar-refractivity contribution in [2.75, 3.05) is 12.3 Å². The number of sulfone groups is 1. The number of amides is 1. The van der Waals surface area contributed by atoms with Crippen LogP contribution in [-0.4, -0.2) is 42.8 Å². The van der Waals surface area contributed by atoms with Crippen molar-refractivity contribution in [2.45, 2.75) is 17.7 Å². The molecule has 16 heavy (non-hydrogen) atoms. The van der Waals surface area contributed by atoms with Crippen molar-refractivity contribution in [3.05, 3.63) is 22.4 Å². The summed E-state index contributed by atoms with van der Waals surface area (Å²) in [5, 5.41) is 3.35. The summed E-state index contributed by atoms with van der Waals surface area (Å²) in [6, 6.07) is 1.69. The molecule has 1 aromatic heterocycles. The zero-order valence-electron chi connectivity index (χ0n) is 8.50. The topological polar surface area (TPSA) is 54.5 Å². The van der Waals surface area contributed by atoms with E-state index in [0.717, 1.165) is 0 Å². The SMILES string of the molecule is O=C(c1ccsc1)N1CC2CC1CS2(=O)=O. The molecule has 1 amide bonds. The van der Waals surface area contributed by atoms with Crippen molar-refractivity contribution in [3.8, 4) is 0 Å². The molecule has 3 rings (SSSR count). The lowest BCUT2D eigenvalue weighted by atomic mass is 10.2. The molecular weight excluding hydrogens is 246 g/mol. The van der Waals surface area contributed by atoms with E-state index in [1.807, 2.05) is 10.8 Å². The third-order valence-electron chi connectivity index (χ3n) is 3.34. The number of fused-ring (bicyclic) bond motifs is 2. The first-order valence-corrected chi connectivity index (χ1v) is 7.78. The molecule has 2 fully saturated rings. The number of carbonyl (C=O) groups is 1. The number of rotatable bonds is 1. The summed E-state index contributed by atoms with van der Waals surface area (Å²) in [6.07, 6.45) is 0.623. The van der Waals surface area contributed by atoms with Crippen molar-refractivity contribution in [2.24, 2.45) is 0 Å². The van der Waals surface area contributed by atoms with Crippen molar-refractivity contribution >= 4 is 27.1 Å². The van der Waals surface area contributed by atoms with Gasteiger partial charge in [-0.05, 0) is 17.9 Å². The van der Waals surface area contributed by atoms with Gasteiger partial charge in [0.25, 0.3) is 5.91 Å². The van der Waals surface area contributed by atoms with Crippen molar-refractivity contribution < 1.29 is 13.2 Å². The fraction of sp³-hybridized carbons (Fsp3) is 0.500. The highest BCUT2D eigenvalue weighted by Crippen LogP contribution is 2.33. The zero-order chi connectivity index (χ0) is 11.3. The summed E-state index contributed by atoms with van der Waals surface area (Å²) in [6.45, 7) is 0.377. The van der Waals surface area contributed by atoms with Crippen molar-refractivity contribution in [1.82, 2.24) is 4.90 Å². The van der Waals surface area contributed by atoms with Gasteiger partial charge in [-0.2, -0.15) is 11.3 Å². The molecule has 2 aliphatic rings. The summed E-state index contributed by atoms with van der Waals surface area (Å²) in [5.41, 5.74) is 0.676. The van der Waals surface area contributed by atoms with E-state index in [-0.39, 0.29) is 23.0 Å². The van der Waals surface area contributed by atoms with Crippen LogP contribution in [0.5, 0.6) is 0 Å². The second kappa shape index (κ2) is 3.30. The van der Waals surface area contributed by atoms with Gasteiger partial charge < -0.3 is 4.90 Å². The number of thiophene rings is 1. The van der Waals surface area contributed by atoms with Gasteiger partial charge in [-0.1, -0.05) is 0 Å². The van der Waals surface area contributed by atoms with Crippen LogP contribution in [0.3, 0.4) is 0 Å². The van der Waals surface area contributed by atoms with Gasteiger partial charge >= 0.3 is 0 Å². The molecule has 4 nitrogen and oxygen atoms in total. The van der Waals surface area contributed by atoms with Crippen LogP contribution in [0, 0.1) is 0 Å². The molecule has 2 bridgehead atoms. The number of hydrogen-bond acceptors (Lipinski definition) is 4. The van der Waals surface area contributed by atoms with Crippen LogP contribution in [0.4, 0.5) is 0 Å². The van der Waals surface area contributed by atoms with Gasteiger partial charge in [0, 0.05) is 18.0 Å². The Bertz CT molecular complexity index is 520. The van der Waals surface area contributed by atoms with Crippen LogP contribution in [0.1, 0.15) is 16.8 Å². The molecule has 2 aliphatic heterocycles. The highest BCUT2D eigenvalue weighted by Gasteiger charge is 2.50.